The van der Waals surface area contributed by atoms with Crippen LogP contribution in [0.25, 0.3) is 33.4 Å². The number of carbonyl (C=O) groups is 6. The van der Waals surface area contributed by atoms with E-state index >= 15 is 0 Å². The van der Waals surface area contributed by atoms with Crippen LogP contribution in [0.5, 0.6) is 0 Å². The molecule has 0 aliphatic heterocycles. The van der Waals surface area contributed by atoms with Crippen LogP contribution in [-0.2, 0) is 62.9 Å². The maximum absolute atomic E-state index is 10.9. The highest BCUT2D eigenvalue weighted by molar-refractivity contribution is 9.09. The Bertz CT molecular complexity index is 3110. The second-order valence-electron chi connectivity index (χ2n) is 20.2. The lowest BCUT2D eigenvalue weighted by molar-refractivity contribution is -0.113. The minimum atomic E-state index is -0.797. The summed E-state index contributed by atoms with van der Waals surface area (Å²) in [5.41, 5.74) is 17.9. The molecule has 7 aromatic rings. The normalized spacial score (nSPS) is 10.1. The van der Waals surface area contributed by atoms with Crippen molar-refractivity contribution < 1.29 is 33.5 Å². The van der Waals surface area contributed by atoms with Crippen molar-refractivity contribution >= 4 is 266 Å². The van der Waals surface area contributed by atoms with Crippen LogP contribution in [0.15, 0.2) is 164 Å². The van der Waals surface area contributed by atoms with Crippen LogP contribution >= 0.6 is 235 Å². The van der Waals surface area contributed by atoms with Gasteiger partial charge in [-0.3, -0.25) is 28.8 Å². The maximum Gasteiger partial charge on any atom is 0.252 e. The number of hydrogen-bond donors (Lipinski definition) is 0. The Morgan fingerprint density at radius 1 is 0.367 bits per heavy atom. The number of allylic oxidation sites excluding steroid dienone is 1. The monoisotopic (exact) mass is 1960 g/mol. The van der Waals surface area contributed by atoms with E-state index in [2.05, 4.69) is 216 Å². The molecule has 7 rings (SSSR count). The molecule has 0 radical (unpaired) electrons. The minimum absolute atomic E-state index is 0.00725. The third-order valence-corrected chi connectivity index (χ3v) is 19.0. The summed E-state index contributed by atoms with van der Waals surface area (Å²) in [6, 6.07) is 51.4. The van der Waals surface area contributed by atoms with E-state index in [-0.39, 0.29) is 27.2 Å². The van der Waals surface area contributed by atoms with E-state index < -0.39 is 21.0 Å². The second-order valence-corrected chi connectivity index (χ2v) is 27.8. The number of benzene rings is 7. The highest BCUT2D eigenvalue weighted by Gasteiger charge is 2.14. The number of rotatable bonds is 28. The first kappa shape index (κ1) is 96.6. The van der Waals surface area contributed by atoms with Gasteiger partial charge in [-0.25, -0.2) is 0 Å². The van der Waals surface area contributed by atoms with Gasteiger partial charge in [0.1, 0.15) is 0 Å². The van der Waals surface area contributed by atoms with Gasteiger partial charge in [0.25, 0.3) is 15.7 Å². The largest absolute Gasteiger partial charge is 0.379 e. The average Bonchev–Trinajstić information content (AvgIpc) is 0.805. The molecular formula is C72H73Br6Cl12NO7. The topological polar surface area (TPSA) is 115 Å². The fourth-order valence-corrected chi connectivity index (χ4v) is 11.2. The molecule has 0 aromatic heterocycles. The van der Waals surface area contributed by atoms with E-state index in [9.17, 15) is 28.8 Å². The van der Waals surface area contributed by atoms with Crippen LogP contribution in [0, 0.1) is 0 Å². The zero-order chi connectivity index (χ0) is 74.0. The summed E-state index contributed by atoms with van der Waals surface area (Å²) in [7, 11) is 2.00. The van der Waals surface area contributed by atoms with E-state index in [0.29, 0.717) is 79.8 Å². The van der Waals surface area contributed by atoms with Crippen LogP contribution in [0.3, 0.4) is 0 Å². The Morgan fingerprint density at radius 2 is 0.612 bits per heavy atom. The summed E-state index contributed by atoms with van der Waals surface area (Å²) in [6.45, 7) is 7.90. The Kier molecular flexibility index (Phi) is 58.9. The highest BCUT2D eigenvalue weighted by Crippen LogP contribution is 2.34. The molecule has 0 heterocycles. The van der Waals surface area contributed by atoms with Crippen molar-refractivity contribution in [3.63, 3.8) is 0 Å². The third kappa shape index (κ3) is 45.1. The van der Waals surface area contributed by atoms with Gasteiger partial charge in [-0.2, -0.15) is 0 Å². The predicted molar refractivity (Wildman–Crippen MR) is 445 cm³/mol. The molecule has 0 amide bonds. The van der Waals surface area contributed by atoms with Crippen molar-refractivity contribution in [1.29, 1.82) is 0 Å². The molecule has 7 aromatic carbocycles. The fourth-order valence-electron chi connectivity index (χ4n) is 7.38. The standard InChI is InChI=1S/C27H21Br3.C9H9Br3.C9H3Cl3O3.C8H8Cl2.C6H8Cl2O2.C5H11Cl2N.C4H8Cl2O.C4H5ClO/c28-16-19-1-7-22(8-2-19)25-13-26(23-9-3-20(17-29)4-10-23)15-27(14-25)24-11-5-21(18-30)6-12-24;10-4-7-1-8(5-11)3-9(2-7)6-12;10-7(13)4-1-5(8(11)14)3-6(2-4)9(12)15;9-5-7-1-2-8(6-10)4-3-7;7-5(9)3-1-2-4-6(8)10;1-8(4-2-6)5-3-7;5-1-3-7-4-2-6;1-3(2)4(5)6/h1-15H,16-18H2;1-3H,4-6H2;1-3H;1-4H,5-6H2;1-4H2;2-5H2,1H3;1-4H2;1H2,2H3. The molecule has 0 aliphatic carbocycles. The van der Waals surface area contributed by atoms with Gasteiger partial charge < -0.3 is 9.64 Å². The molecule has 0 saturated heterocycles. The Balaban J connectivity index is 0.00000118. The molecule has 98 heavy (non-hydrogen) atoms. The van der Waals surface area contributed by atoms with E-state index in [4.69, 9.17) is 144 Å². The zero-order valence-corrected chi connectivity index (χ0v) is 72.0. The SMILES string of the molecule is BrCc1cc(CBr)cc(CBr)c1.BrCc1ccc(-c2cc(-c3ccc(CBr)cc3)cc(-c3ccc(CBr)cc3)c2)cc1.C=C(C)C(=O)Cl.CN(CCCl)CCCl.ClCCOCCCl.ClCc1ccc(CCl)cc1.O=C(Cl)CCCCC(=O)Cl.O=C(Cl)c1cc(C(=O)Cl)cc(C(=O)Cl)c1. The Labute approximate surface area is 688 Å². The Hall–Kier alpha value is -1.42. The summed E-state index contributed by atoms with van der Waals surface area (Å²) >= 11 is 84.2. The molecule has 0 aliphatic rings. The smallest absolute Gasteiger partial charge is 0.252 e. The van der Waals surface area contributed by atoms with Crippen molar-refractivity contribution in [3.05, 3.63) is 225 Å². The molecule has 0 unspecified atom stereocenters. The molecule has 0 saturated carbocycles. The Morgan fingerprint density at radius 3 is 0.796 bits per heavy atom. The quantitative estimate of drug-likeness (QED) is 0.0206. The van der Waals surface area contributed by atoms with Crippen LogP contribution in [0.1, 0.15) is 108 Å². The average molecular weight is 1970 g/mol. The highest BCUT2D eigenvalue weighted by atomic mass is 79.9. The number of alkyl halides is 12. The van der Waals surface area contributed by atoms with Crippen molar-refractivity contribution in [3.8, 4) is 33.4 Å². The molecule has 534 valence electrons. The number of hydrogen-bond acceptors (Lipinski definition) is 8. The molecule has 0 atom stereocenters. The second kappa shape index (κ2) is 59.8. The van der Waals surface area contributed by atoms with Crippen molar-refractivity contribution in [2.45, 2.75) is 76.3 Å². The van der Waals surface area contributed by atoms with E-state index in [1.807, 2.05) is 31.3 Å². The summed E-state index contributed by atoms with van der Waals surface area (Å²) in [5.74, 6) is 3.62. The van der Waals surface area contributed by atoms with Gasteiger partial charge in [0.2, 0.25) is 15.7 Å². The van der Waals surface area contributed by atoms with Gasteiger partial charge in [-0.05, 0) is 211 Å². The van der Waals surface area contributed by atoms with Crippen molar-refractivity contribution in [2.24, 2.45) is 0 Å². The molecule has 0 N–H and O–H groups in total. The first-order chi connectivity index (χ1) is 46.8. The van der Waals surface area contributed by atoms with E-state index in [1.165, 1.54) is 85.0 Å². The van der Waals surface area contributed by atoms with Crippen molar-refractivity contribution in [2.75, 3.05) is 56.9 Å². The van der Waals surface area contributed by atoms with Gasteiger partial charge in [-0.15, -0.1) is 69.6 Å². The van der Waals surface area contributed by atoms with Gasteiger partial charge in [0.05, 0.1) is 13.2 Å². The number of halogens is 18. The van der Waals surface area contributed by atoms with E-state index in [1.54, 1.807) is 6.92 Å². The third-order valence-electron chi connectivity index (χ3n) is 12.5. The molecule has 8 nitrogen and oxygen atoms in total. The lowest BCUT2D eigenvalue weighted by Gasteiger charge is -2.12. The molecule has 0 fully saturated rings. The molecule has 26 heteroatoms. The van der Waals surface area contributed by atoms with Gasteiger partial charge in [0.15, 0.2) is 0 Å². The summed E-state index contributed by atoms with van der Waals surface area (Å²) < 4.78 is 4.87. The molecule has 0 bridgehead atoms. The predicted octanol–water partition coefficient (Wildman–Crippen LogP) is 26.0. The van der Waals surface area contributed by atoms with Gasteiger partial charge in [-0.1, -0.05) is 217 Å². The van der Waals surface area contributed by atoms with Gasteiger partial charge in [0, 0.05) is 115 Å². The summed E-state index contributed by atoms with van der Waals surface area (Å²) in [5, 5.41) is 1.82. The zero-order valence-electron chi connectivity index (χ0n) is 53.4. The number of ether oxygens (including phenoxy) is 1. The lowest BCUT2D eigenvalue weighted by Crippen LogP contribution is -2.22. The van der Waals surface area contributed by atoms with Crippen LogP contribution in [0.2, 0.25) is 0 Å². The van der Waals surface area contributed by atoms with Gasteiger partial charge >= 0.3 is 0 Å². The van der Waals surface area contributed by atoms with E-state index in [0.717, 1.165) is 56.2 Å². The fraction of sp³-hybridized carbons (Fsp3) is 0.306. The summed E-state index contributed by atoms with van der Waals surface area (Å²) in [6.07, 6.45) is 1.93. The lowest BCUT2D eigenvalue weighted by atomic mass is 9.92. The maximum atomic E-state index is 10.9. The summed E-state index contributed by atoms with van der Waals surface area (Å²) in [4.78, 5) is 64.7. The molecular weight excluding hydrogens is 1900 g/mol. The first-order valence-corrected chi connectivity index (χ1v) is 41.5. The molecule has 0 spiro atoms. The minimum Gasteiger partial charge on any atom is -0.379 e. The van der Waals surface area contributed by atoms with Crippen molar-refractivity contribution in [1.82, 2.24) is 4.90 Å². The first-order valence-electron chi connectivity index (χ1n) is 29.3. The van der Waals surface area contributed by atoms with Crippen LogP contribution in [-0.4, -0.2) is 93.2 Å². The van der Waals surface area contributed by atoms with Crippen LogP contribution in [0.4, 0.5) is 0 Å². The number of carbonyl (C=O) groups excluding carboxylic acids is 6. The van der Waals surface area contributed by atoms with Crippen LogP contribution < -0.4 is 0 Å². The number of nitrogens with zero attached hydrogens (tertiary/aromatic N) is 1. The number of unbranched alkanes of at least 4 members (excludes halogenated alkanes) is 1.